The van der Waals surface area contributed by atoms with Crippen LogP contribution in [0, 0.1) is 0 Å². The summed E-state index contributed by atoms with van der Waals surface area (Å²) in [4.78, 5) is 17.1. The van der Waals surface area contributed by atoms with Gasteiger partial charge in [0.1, 0.15) is 12.8 Å². The second-order valence-electron chi connectivity index (χ2n) is 4.28. The lowest BCUT2D eigenvalue weighted by Gasteiger charge is -2.31. The minimum absolute atomic E-state index is 0.00987. The number of carbonyl (C=O) groups is 1. The Bertz CT molecular complexity index is 625. The van der Waals surface area contributed by atoms with E-state index in [1.165, 1.54) is 11.1 Å². The molecule has 1 aromatic heterocycles. The van der Waals surface area contributed by atoms with Gasteiger partial charge < -0.3 is 13.8 Å². The number of aromatic nitrogens is 1. The maximum absolute atomic E-state index is 12.6. The number of nitrogens with zero attached hydrogens (tertiary/aromatic N) is 2. The van der Waals surface area contributed by atoms with E-state index in [2.05, 4.69) is 9.17 Å². The molecule has 1 amide bonds. The van der Waals surface area contributed by atoms with Gasteiger partial charge in [0, 0.05) is 19.3 Å². The zero-order valence-corrected chi connectivity index (χ0v) is 11.6. The summed E-state index contributed by atoms with van der Waals surface area (Å²) < 4.78 is 54.9. The lowest BCUT2D eigenvalue weighted by molar-refractivity contribution is -0.0310. The van der Waals surface area contributed by atoms with Gasteiger partial charge in [0.15, 0.2) is 5.75 Å². The highest BCUT2D eigenvalue weighted by molar-refractivity contribution is 7.81. The topological polar surface area (TPSA) is 85.8 Å². The summed E-state index contributed by atoms with van der Waals surface area (Å²) in [6, 6.07) is 1.05. The molecular formula is C11H12F2N2O5S. The van der Waals surface area contributed by atoms with E-state index in [-0.39, 0.29) is 25.3 Å². The van der Waals surface area contributed by atoms with Gasteiger partial charge in [-0.05, 0) is 6.07 Å². The molecule has 116 valence electrons. The minimum Gasteiger partial charge on any atom is -0.372 e. The Morgan fingerprint density at radius 1 is 1.52 bits per heavy atom. The first-order valence-corrected chi connectivity index (χ1v) is 7.26. The number of hydrogen-bond acceptors (Lipinski definition) is 6. The first-order valence-electron chi connectivity index (χ1n) is 5.95. The van der Waals surface area contributed by atoms with E-state index in [1.54, 1.807) is 0 Å². The average Bonchev–Trinajstić information content (AvgIpc) is 2.45. The summed E-state index contributed by atoms with van der Waals surface area (Å²) >= 11 is 0. The molecule has 7 nitrogen and oxygen atoms in total. The molecule has 1 aliphatic heterocycles. The van der Waals surface area contributed by atoms with Crippen LogP contribution in [0.3, 0.4) is 0 Å². The average molecular weight is 322 g/mol. The van der Waals surface area contributed by atoms with Gasteiger partial charge in [-0.15, -0.1) is 0 Å². The van der Waals surface area contributed by atoms with Crippen LogP contribution < -0.4 is 4.18 Å². The molecule has 0 spiro atoms. The van der Waals surface area contributed by atoms with Gasteiger partial charge in [-0.2, -0.15) is 8.42 Å². The molecular weight excluding hydrogens is 310 g/mol. The van der Waals surface area contributed by atoms with E-state index in [1.807, 2.05) is 0 Å². The molecule has 0 aromatic carbocycles. The fourth-order valence-electron chi connectivity index (χ4n) is 1.88. The molecule has 2 rings (SSSR count). The van der Waals surface area contributed by atoms with Gasteiger partial charge in [-0.3, -0.25) is 9.78 Å². The number of hydrogen-bond donors (Lipinski definition) is 0. The summed E-state index contributed by atoms with van der Waals surface area (Å²) in [6.45, 7) is -0.183. The van der Waals surface area contributed by atoms with Crippen molar-refractivity contribution in [3.05, 3.63) is 24.0 Å². The molecule has 2 heterocycles. The third-order valence-corrected chi connectivity index (χ3v) is 3.15. The van der Waals surface area contributed by atoms with Crippen LogP contribution >= 0.6 is 0 Å². The number of rotatable bonds is 4. The molecule has 0 radical (unpaired) electrons. The summed E-state index contributed by atoms with van der Waals surface area (Å²) in [5.41, 5.74) is 0.00987. The Morgan fingerprint density at radius 2 is 2.29 bits per heavy atom. The second-order valence-corrected chi connectivity index (χ2v) is 5.24. The van der Waals surface area contributed by atoms with E-state index in [0.29, 0.717) is 0 Å². The van der Waals surface area contributed by atoms with Gasteiger partial charge in [-0.25, -0.2) is 4.39 Å². The van der Waals surface area contributed by atoms with Crippen molar-refractivity contribution >= 4 is 16.4 Å². The molecule has 0 aliphatic carbocycles. The van der Waals surface area contributed by atoms with Crippen LogP contribution in [0.4, 0.5) is 8.28 Å². The molecule has 0 saturated carbocycles. The summed E-state index contributed by atoms with van der Waals surface area (Å²) in [7, 11) is -5.19. The van der Waals surface area contributed by atoms with Crippen LogP contribution in [-0.4, -0.2) is 56.7 Å². The summed E-state index contributed by atoms with van der Waals surface area (Å²) in [5.74, 6) is -0.912. The Labute approximate surface area is 119 Å². The number of pyridine rings is 1. The van der Waals surface area contributed by atoms with Gasteiger partial charge >= 0.3 is 10.5 Å². The van der Waals surface area contributed by atoms with Crippen molar-refractivity contribution in [2.24, 2.45) is 0 Å². The Kier molecular flexibility index (Phi) is 4.68. The number of halogens is 2. The van der Waals surface area contributed by atoms with Crippen LogP contribution in [-0.2, 0) is 15.2 Å². The predicted molar refractivity (Wildman–Crippen MR) is 66.5 cm³/mol. The molecule has 21 heavy (non-hydrogen) atoms. The lowest BCUT2D eigenvalue weighted by Crippen LogP contribution is -2.46. The summed E-state index contributed by atoms with van der Waals surface area (Å²) in [5, 5.41) is 0. The zero-order chi connectivity index (χ0) is 15.5. The molecule has 10 heteroatoms. The van der Waals surface area contributed by atoms with Crippen molar-refractivity contribution in [1.29, 1.82) is 0 Å². The van der Waals surface area contributed by atoms with Crippen LogP contribution in [0.15, 0.2) is 18.5 Å². The standard InChI is InChI=1S/C11H12F2N2O5S/c12-4-10-7-15(1-2-19-10)11(16)8-3-9(6-14-5-8)20-21(13,17)18/h3,5-6,10H,1-2,4,7H2. The highest BCUT2D eigenvalue weighted by atomic mass is 32.3. The van der Waals surface area contributed by atoms with E-state index >= 15 is 0 Å². The van der Waals surface area contributed by atoms with E-state index in [4.69, 9.17) is 4.74 Å². The third kappa shape index (κ3) is 4.33. The van der Waals surface area contributed by atoms with Crippen molar-refractivity contribution in [3.63, 3.8) is 0 Å². The summed E-state index contributed by atoms with van der Waals surface area (Å²) in [6.07, 6.45) is 1.44. The van der Waals surface area contributed by atoms with E-state index in [9.17, 15) is 21.5 Å². The number of ether oxygens (including phenoxy) is 1. The molecule has 1 unspecified atom stereocenters. The Hall–Kier alpha value is -1.81. The number of alkyl halides is 1. The van der Waals surface area contributed by atoms with Gasteiger partial charge in [0.2, 0.25) is 0 Å². The van der Waals surface area contributed by atoms with Gasteiger partial charge in [-0.1, -0.05) is 3.89 Å². The molecule has 1 fully saturated rings. The normalized spacial score (nSPS) is 19.3. The number of morpholine rings is 1. The largest absolute Gasteiger partial charge is 0.488 e. The van der Waals surface area contributed by atoms with Crippen LogP contribution in [0.25, 0.3) is 0 Å². The Morgan fingerprint density at radius 3 is 2.95 bits per heavy atom. The van der Waals surface area contributed by atoms with Crippen molar-refractivity contribution in [2.75, 3.05) is 26.4 Å². The van der Waals surface area contributed by atoms with E-state index < -0.39 is 34.9 Å². The Balaban J connectivity index is 2.14. The highest BCUT2D eigenvalue weighted by Gasteiger charge is 2.25. The predicted octanol–water partition coefficient (Wildman–Crippen LogP) is 0.485. The van der Waals surface area contributed by atoms with Gasteiger partial charge in [0.05, 0.1) is 18.4 Å². The molecule has 0 N–H and O–H groups in total. The number of carbonyl (C=O) groups excluding carboxylic acids is 1. The smallest absolute Gasteiger partial charge is 0.372 e. The first kappa shape index (κ1) is 15.6. The second kappa shape index (κ2) is 6.31. The molecule has 1 atom stereocenters. The third-order valence-electron chi connectivity index (χ3n) is 2.75. The number of amides is 1. The van der Waals surface area contributed by atoms with Crippen molar-refractivity contribution in [1.82, 2.24) is 9.88 Å². The maximum Gasteiger partial charge on any atom is 0.488 e. The fraction of sp³-hybridized carbons (Fsp3) is 0.455. The zero-order valence-electron chi connectivity index (χ0n) is 10.7. The molecule has 1 aliphatic rings. The highest BCUT2D eigenvalue weighted by Crippen LogP contribution is 2.17. The van der Waals surface area contributed by atoms with Crippen LogP contribution in [0.5, 0.6) is 5.75 Å². The monoisotopic (exact) mass is 322 g/mol. The van der Waals surface area contributed by atoms with Gasteiger partial charge in [0.25, 0.3) is 5.91 Å². The van der Waals surface area contributed by atoms with Crippen molar-refractivity contribution in [3.8, 4) is 5.75 Å². The SMILES string of the molecule is O=C(c1cncc(OS(=O)(=O)F)c1)N1CCOC(CF)C1. The lowest BCUT2D eigenvalue weighted by atomic mass is 10.2. The van der Waals surface area contributed by atoms with Crippen molar-refractivity contribution < 1.29 is 30.4 Å². The van der Waals surface area contributed by atoms with Crippen LogP contribution in [0.2, 0.25) is 0 Å². The maximum atomic E-state index is 12.6. The van der Waals surface area contributed by atoms with E-state index in [0.717, 1.165) is 12.3 Å². The molecule has 0 bridgehead atoms. The minimum atomic E-state index is -5.19. The first-order chi connectivity index (χ1) is 9.89. The molecule has 1 saturated heterocycles. The van der Waals surface area contributed by atoms with Crippen LogP contribution in [0.1, 0.15) is 10.4 Å². The fourth-order valence-corrected chi connectivity index (χ4v) is 2.20. The molecule has 1 aromatic rings. The quantitative estimate of drug-likeness (QED) is 0.750. The van der Waals surface area contributed by atoms with Crippen molar-refractivity contribution in [2.45, 2.75) is 6.10 Å².